The molecular weight excluding hydrogens is 224 g/mol. The Morgan fingerprint density at radius 2 is 1.78 bits per heavy atom. The molecule has 1 aromatic rings. The smallest absolute Gasteiger partial charge is 0.0906 e. The molecule has 0 radical (unpaired) electrons. The van der Waals surface area contributed by atoms with Gasteiger partial charge < -0.3 is 0 Å². The van der Waals surface area contributed by atoms with Crippen LogP contribution in [0.1, 0.15) is 58.9 Å². The van der Waals surface area contributed by atoms with Crippen LogP contribution in [0.3, 0.4) is 0 Å². The van der Waals surface area contributed by atoms with Gasteiger partial charge in [-0.3, -0.25) is 9.82 Å². The summed E-state index contributed by atoms with van der Waals surface area (Å²) in [6.07, 6.45) is 5.83. The first kappa shape index (κ1) is 15.1. The van der Waals surface area contributed by atoms with Crippen LogP contribution >= 0.6 is 0 Å². The predicted octanol–water partition coefficient (Wildman–Crippen LogP) is 3.66. The Bertz CT molecular complexity index is 360. The number of pyridine rings is 1. The van der Waals surface area contributed by atoms with Crippen molar-refractivity contribution in [2.45, 2.75) is 59.0 Å². The highest BCUT2D eigenvalue weighted by Gasteiger charge is 2.35. The van der Waals surface area contributed by atoms with Crippen LogP contribution in [-0.2, 0) is 4.84 Å². The van der Waals surface area contributed by atoms with Crippen molar-refractivity contribution in [3.63, 3.8) is 0 Å². The fraction of sp³-hybridized carbons (Fsp3) is 0.667. The van der Waals surface area contributed by atoms with E-state index in [2.05, 4.69) is 37.9 Å². The average Bonchev–Trinajstić information content (AvgIpc) is 2.37. The van der Waals surface area contributed by atoms with E-state index in [-0.39, 0.29) is 16.9 Å². The molecule has 1 aromatic heterocycles. The number of nitrogens with zero attached hydrogens (tertiary/aromatic N) is 1. The van der Waals surface area contributed by atoms with Gasteiger partial charge in [0.05, 0.1) is 5.60 Å². The molecule has 3 heteroatoms. The summed E-state index contributed by atoms with van der Waals surface area (Å²) < 4.78 is 0. The van der Waals surface area contributed by atoms with Gasteiger partial charge in [0.1, 0.15) is 0 Å². The van der Waals surface area contributed by atoms with Crippen molar-refractivity contribution in [3.05, 3.63) is 30.1 Å². The standard InChI is InChI=1S/C15H26N2O/c1-6-14(2,3)11-13(15(4,5)18-16)12-7-9-17-10-8-12/h7-10,13H,6,11,16H2,1-5H3. The van der Waals surface area contributed by atoms with Gasteiger partial charge in [-0.2, -0.15) is 0 Å². The van der Waals surface area contributed by atoms with Crippen molar-refractivity contribution >= 4 is 0 Å². The minimum atomic E-state index is -0.381. The number of hydrogen-bond donors (Lipinski definition) is 1. The summed E-state index contributed by atoms with van der Waals surface area (Å²) in [5.41, 5.74) is 1.12. The molecule has 0 amide bonds. The summed E-state index contributed by atoms with van der Waals surface area (Å²) in [5.74, 6) is 5.75. The van der Waals surface area contributed by atoms with E-state index in [9.17, 15) is 0 Å². The van der Waals surface area contributed by atoms with Gasteiger partial charge in [-0.15, -0.1) is 0 Å². The van der Waals surface area contributed by atoms with Crippen LogP contribution in [0.25, 0.3) is 0 Å². The lowest BCUT2D eigenvalue weighted by molar-refractivity contribution is -0.0491. The Kier molecular flexibility index (Phi) is 4.88. The summed E-state index contributed by atoms with van der Waals surface area (Å²) in [5, 5.41) is 0. The van der Waals surface area contributed by atoms with E-state index in [0.29, 0.717) is 0 Å². The molecule has 1 rings (SSSR count). The minimum Gasteiger partial charge on any atom is -0.298 e. The maximum atomic E-state index is 5.49. The Morgan fingerprint density at radius 3 is 2.22 bits per heavy atom. The first-order valence-corrected chi connectivity index (χ1v) is 6.60. The molecule has 0 aliphatic rings. The van der Waals surface area contributed by atoms with Crippen molar-refractivity contribution in [1.29, 1.82) is 0 Å². The van der Waals surface area contributed by atoms with Crippen molar-refractivity contribution in [1.82, 2.24) is 4.98 Å². The van der Waals surface area contributed by atoms with Gasteiger partial charge >= 0.3 is 0 Å². The zero-order valence-electron chi connectivity index (χ0n) is 12.2. The van der Waals surface area contributed by atoms with E-state index in [4.69, 9.17) is 10.7 Å². The first-order chi connectivity index (χ1) is 8.32. The lowest BCUT2D eigenvalue weighted by Crippen LogP contribution is -2.37. The fourth-order valence-electron chi connectivity index (χ4n) is 2.14. The number of hydrogen-bond acceptors (Lipinski definition) is 3. The van der Waals surface area contributed by atoms with E-state index < -0.39 is 0 Å². The van der Waals surface area contributed by atoms with Gasteiger partial charge in [-0.25, -0.2) is 5.90 Å². The quantitative estimate of drug-likeness (QED) is 0.784. The molecule has 0 aliphatic carbocycles. The molecule has 0 spiro atoms. The van der Waals surface area contributed by atoms with Crippen LogP contribution in [0, 0.1) is 5.41 Å². The zero-order chi connectivity index (χ0) is 13.8. The minimum absolute atomic E-state index is 0.264. The van der Waals surface area contributed by atoms with Gasteiger partial charge in [-0.1, -0.05) is 27.2 Å². The molecule has 102 valence electrons. The second kappa shape index (κ2) is 5.81. The van der Waals surface area contributed by atoms with E-state index in [1.165, 1.54) is 5.56 Å². The van der Waals surface area contributed by atoms with Crippen LogP contribution in [0.4, 0.5) is 0 Å². The third-order valence-electron chi connectivity index (χ3n) is 3.97. The Morgan fingerprint density at radius 1 is 1.22 bits per heavy atom. The maximum Gasteiger partial charge on any atom is 0.0906 e. The zero-order valence-corrected chi connectivity index (χ0v) is 12.2. The predicted molar refractivity (Wildman–Crippen MR) is 75.0 cm³/mol. The highest BCUT2D eigenvalue weighted by molar-refractivity contribution is 5.20. The number of nitrogens with two attached hydrogens (primary N) is 1. The summed E-state index contributed by atoms with van der Waals surface area (Å²) in [7, 11) is 0. The lowest BCUT2D eigenvalue weighted by Gasteiger charge is -2.37. The summed E-state index contributed by atoms with van der Waals surface area (Å²) in [6, 6.07) is 4.11. The van der Waals surface area contributed by atoms with Crippen molar-refractivity contribution in [3.8, 4) is 0 Å². The van der Waals surface area contributed by atoms with Crippen LogP contribution < -0.4 is 5.90 Å². The summed E-state index contributed by atoms with van der Waals surface area (Å²) in [6.45, 7) is 10.9. The largest absolute Gasteiger partial charge is 0.298 e. The molecule has 2 N–H and O–H groups in total. The van der Waals surface area contributed by atoms with Crippen LogP contribution in [0.5, 0.6) is 0 Å². The highest BCUT2D eigenvalue weighted by atomic mass is 16.6. The third kappa shape index (κ3) is 3.79. The fourth-order valence-corrected chi connectivity index (χ4v) is 2.14. The molecule has 1 atom stereocenters. The molecule has 0 saturated carbocycles. The van der Waals surface area contributed by atoms with E-state index in [1.807, 2.05) is 26.2 Å². The summed E-state index contributed by atoms with van der Waals surface area (Å²) in [4.78, 5) is 9.30. The van der Waals surface area contributed by atoms with E-state index >= 15 is 0 Å². The Labute approximate surface area is 111 Å². The van der Waals surface area contributed by atoms with Crippen LogP contribution in [0.2, 0.25) is 0 Å². The SMILES string of the molecule is CCC(C)(C)CC(c1ccncc1)C(C)(C)ON. The van der Waals surface area contributed by atoms with Gasteiger partial charge in [0.2, 0.25) is 0 Å². The molecule has 3 nitrogen and oxygen atoms in total. The normalized spacial score (nSPS) is 14.6. The molecule has 18 heavy (non-hydrogen) atoms. The van der Waals surface area contributed by atoms with Crippen LogP contribution in [-0.4, -0.2) is 10.6 Å². The number of rotatable bonds is 6. The monoisotopic (exact) mass is 250 g/mol. The lowest BCUT2D eigenvalue weighted by atomic mass is 9.72. The Balaban J connectivity index is 3.04. The van der Waals surface area contributed by atoms with Crippen molar-refractivity contribution < 1.29 is 4.84 Å². The maximum absolute atomic E-state index is 5.49. The third-order valence-corrected chi connectivity index (χ3v) is 3.97. The van der Waals surface area contributed by atoms with E-state index in [0.717, 1.165) is 12.8 Å². The second-order valence-electron chi connectivity index (χ2n) is 6.28. The van der Waals surface area contributed by atoms with E-state index in [1.54, 1.807) is 0 Å². The summed E-state index contributed by atoms with van der Waals surface area (Å²) >= 11 is 0. The molecule has 0 fully saturated rings. The van der Waals surface area contributed by atoms with Gasteiger partial charge in [-0.05, 0) is 43.4 Å². The molecule has 0 bridgehead atoms. The van der Waals surface area contributed by atoms with Crippen molar-refractivity contribution in [2.75, 3.05) is 0 Å². The van der Waals surface area contributed by atoms with Gasteiger partial charge in [0.25, 0.3) is 0 Å². The van der Waals surface area contributed by atoms with Crippen molar-refractivity contribution in [2.24, 2.45) is 11.3 Å². The molecule has 1 unspecified atom stereocenters. The van der Waals surface area contributed by atoms with Crippen LogP contribution in [0.15, 0.2) is 24.5 Å². The number of aromatic nitrogens is 1. The average molecular weight is 250 g/mol. The topological polar surface area (TPSA) is 48.1 Å². The Hall–Kier alpha value is -0.930. The molecule has 1 heterocycles. The van der Waals surface area contributed by atoms with Gasteiger partial charge in [0, 0.05) is 18.3 Å². The molecule has 0 aromatic carbocycles. The molecular formula is C15H26N2O. The highest BCUT2D eigenvalue weighted by Crippen LogP contribution is 2.41. The van der Waals surface area contributed by atoms with Gasteiger partial charge in [0.15, 0.2) is 0 Å². The molecule has 0 aliphatic heterocycles. The molecule has 0 saturated heterocycles. The second-order valence-corrected chi connectivity index (χ2v) is 6.28. The first-order valence-electron chi connectivity index (χ1n) is 6.60.